The third-order valence-corrected chi connectivity index (χ3v) is 9.60. The van der Waals surface area contributed by atoms with Crippen molar-refractivity contribution in [1.82, 2.24) is 24.6 Å². The molecule has 1 atom stereocenters. The Kier molecular flexibility index (Phi) is 12.9. The van der Waals surface area contributed by atoms with E-state index in [1.807, 2.05) is 37.3 Å². The molecule has 1 unspecified atom stereocenters. The Morgan fingerprint density at radius 1 is 0.961 bits per heavy atom. The molecule has 2 heterocycles. The van der Waals surface area contributed by atoms with Gasteiger partial charge in [-0.2, -0.15) is 13.2 Å². The molecule has 0 aliphatic rings. The van der Waals surface area contributed by atoms with E-state index in [4.69, 9.17) is 14.6 Å². The van der Waals surface area contributed by atoms with E-state index in [-0.39, 0.29) is 35.9 Å². The van der Waals surface area contributed by atoms with Crippen molar-refractivity contribution >= 4 is 31.7 Å². The van der Waals surface area contributed by atoms with Crippen molar-refractivity contribution in [2.45, 2.75) is 77.7 Å². The van der Waals surface area contributed by atoms with Gasteiger partial charge < -0.3 is 20.3 Å². The number of carbonyl (C=O) groups is 3. The summed E-state index contributed by atoms with van der Waals surface area (Å²) in [6, 6.07) is 13.8. The highest BCUT2D eigenvalue weighted by Crippen LogP contribution is 2.28. The zero-order valence-corrected chi connectivity index (χ0v) is 29.9. The molecule has 4 rings (SSSR count). The van der Waals surface area contributed by atoms with Crippen LogP contribution in [0.1, 0.15) is 46.3 Å². The fraction of sp³-hybridized carbons (Fsp3) is 0.382. The summed E-state index contributed by atoms with van der Waals surface area (Å²) in [5.74, 6) is -4.67. The number of carbonyl (C=O) groups excluding carboxylic acids is 1. The number of fused-ring (bicyclic) bond motifs is 1. The Hall–Kier alpha value is -5.06. The highest BCUT2D eigenvalue weighted by atomic mass is 28.3. The van der Waals surface area contributed by atoms with Gasteiger partial charge >= 0.3 is 18.2 Å². The minimum Gasteiger partial charge on any atom is -0.475 e. The van der Waals surface area contributed by atoms with Crippen LogP contribution in [0, 0.1) is 25.5 Å². The molecular formula is C34H40F5N5O6Si. The van der Waals surface area contributed by atoms with Crippen molar-refractivity contribution in [2.75, 3.05) is 6.54 Å². The van der Waals surface area contributed by atoms with Crippen molar-refractivity contribution in [3.05, 3.63) is 94.6 Å². The van der Waals surface area contributed by atoms with Crippen molar-refractivity contribution in [3.8, 4) is 5.88 Å². The molecule has 0 spiro atoms. The molecule has 11 nitrogen and oxygen atoms in total. The number of aliphatic carboxylic acids is 1. The Labute approximate surface area is 292 Å². The number of ether oxygens (including phenoxy) is 1. The minimum atomic E-state index is -5.08. The first-order valence-electron chi connectivity index (χ1n) is 15.7. The highest BCUT2D eigenvalue weighted by molar-refractivity contribution is 6.76. The number of hydrogen-bond acceptors (Lipinski definition) is 6. The molecule has 4 aromatic rings. The number of aryl methyl sites for hydroxylation is 2. The first kappa shape index (κ1) is 40.4. The van der Waals surface area contributed by atoms with Gasteiger partial charge in [-0.05, 0) is 44.9 Å². The summed E-state index contributed by atoms with van der Waals surface area (Å²) in [7, 11) is -1.56. The van der Waals surface area contributed by atoms with E-state index in [1.165, 1.54) is 11.0 Å². The maximum Gasteiger partial charge on any atom is 0.490 e. The predicted octanol–water partition coefficient (Wildman–Crippen LogP) is 7.23. The van der Waals surface area contributed by atoms with E-state index in [1.54, 1.807) is 24.4 Å². The zero-order chi connectivity index (χ0) is 38.3. The standard InChI is InChI=1S/C32H39F2N5O4Si.C2HF3O2/c1-21-17-38-27(22(2)37-28(38)30(36-21)43-19-24-25(33)13-10-14-26(24)34)29(40)35-20-32(3,15-16-44(4,5)6)39(31(41)42)18-23-11-8-7-9-12-23;3-2(4,5)1(6)7/h7-14,17H,15-16,18-20H2,1-6H3,(H,35,40)(H,41,42);(H,6,7). The quantitative estimate of drug-likeness (QED) is 0.102. The van der Waals surface area contributed by atoms with E-state index in [2.05, 4.69) is 34.9 Å². The van der Waals surface area contributed by atoms with E-state index in [0.717, 1.165) is 23.7 Å². The number of halogens is 5. The monoisotopic (exact) mass is 737 g/mol. The van der Waals surface area contributed by atoms with Gasteiger partial charge in [-0.3, -0.25) is 14.1 Å². The maximum absolute atomic E-state index is 14.2. The van der Waals surface area contributed by atoms with E-state index in [9.17, 15) is 36.6 Å². The second-order valence-electron chi connectivity index (χ2n) is 13.3. The lowest BCUT2D eigenvalue weighted by molar-refractivity contribution is -0.192. The van der Waals surface area contributed by atoms with E-state index in [0.29, 0.717) is 17.8 Å². The van der Waals surface area contributed by atoms with Gasteiger partial charge in [-0.15, -0.1) is 0 Å². The van der Waals surface area contributed by atoms with Crippen molar-refractivity contribution < 1.29 is 51.3 Å². The topological polar surface area (TPSA) is 146 Å². The number of benzene rings is 2. The molecule has 17 heteroatoms. The van der Waals surface area contributed by atoms with E-state index < -0.39 is 56.0 Å². The summed E-state index contributed by atoms with van der Waals surface area (Å²) in [5, 5.41) is 20.4. The molecule has 0 bridgehead atoms. The number of nitrogens with one attached hydrogen (secondary N) is 1. The Morgan fingerprint density at radius 2 is 1.55 bits per heavy atom. The number of amides is 2. The second kappa shape index (κ2) is 16.3. The fourth-order valence-corrected chi connectivity index (χ4v) is 6.29. The molecule has 2 amide bonds. The highest BCUT2D eigenvalue weighted by Gasteiger charge is 2.39. The van der Waals surface area contributed by atoms with Gasteiger partial charge in [0.2, 0.25) is 5.65 Å². The van der Waals surface area contributed by atoms with Gasteiger partial charge in [-0.1, -0.05) is 62.1 Å². The summed E-state index contributed by atoms with van der Waals surface area (Å²) < 4.78 is 67.4. The molecule has 2 aromatic heterocycles. The molecule has 0 radical (unpaired) electrons. The van der Waals surface area contributed by atoms with Crippen LogP contribution in [0.2, 0.25) is 25.7 Å². The number of carboxylic acids is 1. The van der Waals surface area contributed by atoms with Gasteiger partial charge in [0.1, 0.15) is 23.9 Å². The summed E-state index contributed by atoms with van der Waals surface area (Å²) >= 11 is 0. The lowest BCUT2D eigenvalue weighted by Crippen LogP contribution is -2.56. The van der Waals surface area contributed by atoms with Crippen LogP contribution in [0.15, 0.2) is 54.7 Å². The van der Waals surface area contributed by atoms with Gasteiger partial charge in [0.05, 0.1) is 22.5 Å². The minimum absolute atomic E-state index is 0.0229. The lowest BCUT2D eigenvalue weighted by Gasteiger charge is -2.41. The third kappa shape index (κ3) is 11.0. The SMILES string of the molecule is Cc1cn2c(C(=O)NCC(C)(CC[Si](C)(C)C)N(Cc3ccccc3)C(=O)O)c(C)nc2c(OCc2c(F)cccc2F)n1.O=C(O)C(F)(F)F. The molecule has 51 heavy (non-hydrogen) atoms. The predicted molar refractivity (Wildman–Crippen MR) is 180 cm³/mol. The maximum atomic E-state index is 14.2. The number of alkyl halides is 3. The van der Waals surface area contributed by atoms with E-state index >= 15 is 0 Å². The smallest absolute Gasteiger partial charge is 0.475 e. The third-order valence-electron chi connectivity index (χ3n) is 7.85. The molecule has 0 saturated carbocycles. The zero-order valence-electron chi connectivity index (χ0n) is 28.9. The van der Waals surface area contributed by atoms with Crippen LogP contribution in [0.5, 0.6) is 5.88 Å². The molecule has 276 valence electrons. The van der Waals surface area contributed by atoms with Gasteiger partial charge in [0, 0.05) is 27.4 Å². The molecule has 0 aliphatic carbocycles. The summed E-state index contributed by atoms with van der Waals surface area (Å²) in [4.78, 5) is 45.5. The molecule has 0 aliphatic heterocycles. The van der Waals surface area contributed by atoms with Crippen molar-refractivity contribution in [3.63, 3.8) is 0 Å². The number of carboxylic acid groups (broad SMARTS) is 2. The number of hydrogen-bond donors (Lipinski definition) is 3. The van der Waals surface area contributed by atoms with Crippen LogP contribution in [0.4, 0.5) is 26.7 Å². The first-order valence-corrected chi connectivity index (χ1v) is 19.4. The molecule has 0 fully saturated rings. The summed E-state index contributed by atoms with van der Waals surface area (Å²) in [6.07, 6.45) is -3.95. The van der Waals surface area contributed by atoms with Gasteiger partial charge in [-0.25, -0.2) is 28.3 Å². The van der Waals surface area contributed by atoms with Crippen molar-refractivity contribution in [1.29, 1.82) is 0 Å². The fourth-order valence-electron chi connectivity index (χ4n) is 5.00. The summed E-state index contributed by atoms with van der Waals surface area (Å²) in [5.41, 5.74) is 1.03. The Balaban J connectivity index is 0.000000908. The summed E-state index contributed by atoms with van der Waals surface area (Å²) in [6.45, 7) is 11.8. The normalized spacial score (nSPS) is 12.8. The van der Waals surface area contributed by atoms with Gasteiger partial charge in [0.15, 0.2) is 0 Å². The number of rotatable bonds is 12. The average molecular weight is 738 g/mol. The first-order chi connectivity index (χ1) is 23.6. The second-order valence-corrected chi connectivity index (χ2v) is 18.9. The molecule has 2 aromatic carbocycles. The lowest BCUT2D eigenvalue weighted by atomic mass is 9.95. The number of aromatic nitrogens is 3. The average Bonchev–Trinajstić information content (AvgIpc) is 3.36. The van der Waals surface area contributed by atoms with Crippen LogP contribution in [0.3, 0.4) is 0 Å². The number of imidazole rings is 1. The van der Waals surface area contributed by atoms with Crippen LogP contribution in [-0.2, 0) is 17.9 Å². The molecule has 3 N–H and O–H groups in total. The Morgan fingerprint density at radius 3 is 2.08 bits per heavy atom. The van der Waals surface area contributed by atoms with Crippen LogP contribution < -0.4 is 10.1 Å². The van der Waals surface area contributed by atoms with Crippen LogP contribution in [0.25, 0.3) is 5.65 Å². The number of nitrogens with zero attached hydrogens (tertiary/aromatic N) is 4. The Bertz CT molecular complexity index is 1850. The largest absolute Gasteiger partial charge is 0.490 e. The van der Waals surface area contributed by atoms with Gasteiger partial charge in [0.25, 0.3) is 11.8 Å². The molecule has 0 saturated heterocycles. The van der Waals surface area contributed by atoms with Crippen molar-refractivity contribution in [2.24, 2.45) is 0 Å². The molecular weight excluding hydrogens is 697 g/mol. The van der Waals surface area contributed by atoms with Crippen LogP contribution >= 0.6 is 0 Å². The van der Waals surface area contributed by atoms with Crippen LogP contribution in [-0.4, -0.2) is 73.8 Å².